The van der Waals surface area contributed by atoms with Crippen LogP contribution in [0, 0.1) is 17.2 Å². The summed E-state index contributed by atoms with van der Waals surface area (Å²) in [5.74, 6) is 0.0178. The Morgan fingerprint density at radius 2 is 1.58 bits per heavy atom. The zero-order chi connectivity index (χ0) is 31.4. The van der Waals surface area contributed by atoms with Crippen molar-refractivity contribution in [3.8, 4) is 6.07 Å². The second kappa shape index (κ2) is 12.8. The quantitative estimate of drug-likeness (QED) is 0.380. The first-order chi connectivity index (χ1) is 21.8. The smallest absolute Gasteiger partial charge is 0.410 e. The van der Waals surface area contributed by atoms with Gasteiger partial charge in [-0.3, -0.25) is 14.5 Å². The summed E-state index contributed by atoms with van der Waals surface area (Å²) >= 11 is 0. The molecule has 3 heterocycles. The molecule has 1 spiro atoms. The molecule has 0 radical (unpaired) electrons. The lowest BCUT2D eigenvalue weighted by Gasteiger charge is -2.37. The van der Waals surface area contributed by atoms with Crippen LogP contribution in [0.2, 0.25) is 0 Å². The maximum atomic E-state index is 13.2. The summed E-state index contributed by atoms with van der Waals surface area (Å²) in [6.45, 7) is 2.76. The number of anilines is 1. The highest BCUT2D eigenvalue weighted by molar-refractivity contribution is 5.98. The first kappa shape index (κ1) is 29.9. The number of piperidine rings is 2. The number of rotatable bonds is 6. The minimum absolute atomic E-state index is 0.0553. The SMILES string of the molecule is N#Cc1cccc(NC(=O)N2CCC3(CC2)CN(Cc2ccc(C(=O)N4CCC(C(=O)c5ccccc5)CC4)cc2)C(=O)O3)c1. The molecule has 6 rings (SSSR count). The Morgan fingerprint density at radius 3 is 2.27 bits per heavy atom. The van der Waals surface area contributed by atoms with Gasteiger partial charge in [0.2, 0.25) is 0 Å². The summed E-state index contributed by atoms with van der Waals surface area (Å²) in [4.78, 5) is 56.8. The molecule has 45 heavy (non-hydrogen) atoms. The van der Waals surface area contributed by atoms with Gasteiger partial charge in [0.1, 0.15) is 5.60 Å². The van der Waals surface area contributed by atoms with E-state index in [2.05, 4.69) is 11.4 Å². The van der Waals surface area contributed by atoms with Crippen LogP contribution in [0.4, 0.5) is 15.3 Å². The monoisotopic (exact) mass is 605 g/mol. The third kappa shape index (κ3) is 6.68. The van der Waals surface area contributed by atoms with E-state index in [9.17, 15) is 19.2 Å². The van der Waals surface area contributed by atoms with Gasteiger partial charge in [0.15, 0.2) is 5.78 Å². The molecule has 10 nitrogen and oxygen atoms in total. The van der Waals surface area contributed by atoms with E-state index in [-0.39, 0.29) is 29.7 Å². The number of nitriles is 1. The van der Waals surface area contributed by atoms with Crippen molar-refractivity contribution in [2.75, 3.05) is 38.0 Å². The van der Waals surface area contributed by atoms with Crippen LogP contribution in [-0.4, -0.2) is 76.8 Å². The fourth-order valence-electron chi connectivity index (χ4n) is 6.40. The van der Waals surface area contributed by atoms with E-state index < -0.39 is 5.60 Å². The number of carbonyl (C=O) groups is 4. The van der Waals surface area contributed by atoms with Gasteiger partial charge in [0.05, 0.1) is 18.2 Å². The number of nitrogens with one attached hydrogen (secondary N) is 1. The van der Waals surface area contributed by atoms with Gasteiger partial charge in [-0.15, -0.1) is 0 Å². The van der Waals surface area contributed by atoms with Crippen LogP contribution < -0.4 is 5.32 Å². The van der Waals surface area contributed by atoms with Crippen LogP contribution in [0.5, 0.6) is 0 Å². The second-order valence-corrected chi connectivity index (χ2v) is 12.0. The van der Waals surface area contributed by atoms with Crippen LogP contribution in [0.15, 0.2) is 78.9 Å². The summed E-state index contributed by atoms with van der Waals surface area (Å²) in [5.41, 5.74) is 2.59. The van der Waals surface area contributed by atoms with Gasteiger partial charge in [-0.2, -0.15) is 5.26 Å². The molecule has 4 amide bonds. The third-order valence-electron chi connectivity index (χ3n) is 9.03. The molecule has 0 bridgehead atoms. The standard InChI is InChI=1S/C35H35N5O5/c36-22-26-5-4-8-30(21-26)37-33(43)39-19-15-35(16-20-39)24-40(34(44)45-35)23-25-9-11-29(12-10-25)32(42)38-17-13-28(14-18-38)31(41)27-6-2-1-3-7-27/h1-12,21,28H,13-20,23-24H2,(H,37,43). The number of Topliss-reactive ketones (excluding diaryl/α,β-unsaturated/α-hetero) is 1. The van der Waals surface area contributed by atoms with Crippen LogP contribution in [0.1, 0.15) is 57.5 Å². The largest absolute Gasteiger partial charge is 0.441 e. The Labute approximate surface area is 262 Å². The molecule has 10 heteroatoms. The molecular formula is C35H35N5O5. The second-order valence-electron chi connectivity index (χ2n) is 12.0. The average molecular weight is 606 g/mol. The van der Waals surface area contributed by atoms with E-state index in [0.29, 0.717) is 81.8 Å². The van der Waals surface area contributed by atoms with Crippen molar-refractivity contribution < 1.29 is 23.9 Å². The van der Waals surface area contributed by atoms with Crippen molar-refractivity contribution in [2.24, 2.45) is 5.92 Å². The Morgan fingerprint density at radius 1 is 0.867 bits per heavy atom. The van der Waals surface area contributed by atoms with Crippen LogP contribution in [0.3, 0.4) is 0 Å². The molecule has 0 atom stereocenters. The van der Waals surface area contributed by atoms with Gasteiger partial charge in [0.25, 0.3) is 5.91 Å². The van der Waals surface area contributed by atoms with Crippen LogP contribution in [0.25, 0.3) is 0 Å². The van der Waals surface area contributed by atoms with Gasteiger partial charge in [-0.25, -0.2) is 9.59 Å². The van der Waals surface area contributed by atoms with Gasteiger partial charge >= 0.3 is 12.1 Å². The van der Waals surface area contributed by atoms with Crippen molar-refractivity contribution in [1.82, 2.24) is 14.7 Å². The predicted molar refractivity (Wildman–Crippen MR) is 166 cm³/mol. The molecule has 0 aromatic heterocycles. The molecule has 3 saturated heterocycles. The molecule has 230 valence electrons. The normalized spacial score (nSPS) is 17.9. The molecule has 3 aromatic carbocycles. The molecule has 1 N–H and O–H groups in total. The number of carbonyl (C=O) groups excluding carboxylic acids is 4. The maximum absolute atomic E-state index is 13.2. The van der Waals surface area contributed by atoms with Gasteiger partial charge in [0, 0.05) is 68.3 Å². The molecule has 3 aromatic rings. The first-order valence-electron chi connectivity index (χ1n) is 15.3. The highest BCUT2D eigenvalue weighted by Crippen LogP contribution is 2.34. The first-order valence-corrected chi connectivity index (χ1v) is 15.3. The number of hydrogen-bond acceptors (Lipinski definition) is 6. The maximum Gasteiger partial charge on any atom is 0.410 e. The molecule has 0 unspecified atom stereocenters. The summed E-state index contributed by atoms with van der Waals surface area (Å²) < 4.78 is 5.85. The van der Waals surface area contributed by atoms with E-state index in [1.54, 1.807) is 51.1 Å². The Bertz CT molecular complexity index is 1620. The fraction of sp³-hybridized carbons (Fsp3) is 0.343. The number of amides is 4. The van der Waals surface area contributed by atoms with E-state index >= 15 is 0 Å². The number of ether oxygens (including phenoxy) is 1. The number of hydrogen-bond donors (Lipinski definition) is 1. The number of urea groups is 1. The highest BCUT2D eigenvalue weighted by atomic mass is 16.6. The summed E-state index contributed by atoms with van der Waals surface area (Å²) in [7, 11) is 0. The number of likely N-dealkylation sites (tertiary alicyclic amines) is 2. The number of nitrogens with zero attached hydrogens (tertiary/aromatic N) is 4. The fourth-order valence-corrected chi connectivity index (χ4v) is 6.40. The lowest BCUT2D eigenvalue weighted by Crippen LogP contribution is -2.49. The predicted octanol–water partition coefficient (Wildman–Crippen LogP) is 5.31. The summed E-state index contributed by atoms with van der Waals surface area (Å²) in [5, 5.41) is 11.9. The molecule has 3 aliphatic rings. The summed E-state index contributed by atoms with van der Waals surface area (Å²) in [6.07, 6.45) is 1.97. The third-order valence-corrected chi connectivity index (χ3v) is 9.03. The minimum atomic E-state index is -0.640. The molecule has 3 fully saturated rings. The molecule has 3 aliphatic heterocycles. The van der Waals surface area contributed by atoms with Crippen LogP contribution in [-0.2, 0) is 11.3 Å². The lowest BCUT2D eigenvalue weighted by atomic mass is 9.88. The molecule has 0 aliphatic carbocycles. The van der Waals surface area contributed by atoms with E-state index in [0.717, 1.165) is 11.1 Å². The minimum Gasteiger partial charge on any atom is -0.441 e. The summed E-state index contributed by atoms with van der Waals surface area (Å²) in [6, 6.07) is 25.2. The Balaban J connectivity index is 0.978. The van der Waals surface area contributed by atoms with Gasteiger partial charge in [-0.05, 0) is 48.7 Å². The van der Waals surface area contributed by atoms with E-state index in [1.165, 1.54) is 0 Å². The zero-order valence-electron chi connectivity index (χ0n) is 25.0. The average Bonchev–Trinajstić information content (AvgIpc) is 3.38. The van der Waals surface area contributed by atoms with Crippen molar-refractivity contribution in [3.05, 3.63) is 101 Å². The van der Waals surface area contributed by atoms with Gasteiger partial charge in [-0.1, -0.05) is 48.5 Å². The van der Waals surface area contributed by atoms with Crippen molar-refractivity contribution in [2.45, 2.75) is 37.8 Å². The van der Waals surface area contributed by atoms with E-state index in [1.807, 2.05) is 42.5 Å². The topological polar surface area (TPSA) is 123 Å². The number of benzene rings is 3. The van der Waals surface area contributed by atoms with Crippen molar-refractivity contribution >= 4 is 29.5 Å². The van der Waals surface area contributed by atoms with Crippen molar-refractivity contribution in [3.63, 3.8) is 0 Å². The Hall–Kier alpha value is -5.17. The number of ketones is 1. The molecular weight excluding hydrogens is 570 g/mol. The van der Waals surface area contributed by atoms with E-state index in [4.69, 9.17) is 10.00 Å². The zero-order valence-corrected chi connectivity index (χ0v) is 25.0. The highest BCUT2D eigenvalue weighted by Gasteiger charge is 2.47. The molecule has 0 saturated carbocycles. The van der Waals surface area contributed by atoms with Crippen LogP contribution >= 0.6 is 0 Å². The lowest BCUT2D eigenvalue weighted by molar-refractivity contribution is 0.0108. The Kier molecular flexibility index (Phi) is 8.52. The van der Waals surface area contributed by atoms with Crippen molar-refractivity contribution in [1.29, 1.82) is 5.26 Å². The van der Waals surface area contributed by atoms with Gasteiger partial charge < -0.3 is 19.9 Å².